The Balaban J connectivity index is 1.28. The van der Waals surface area contributed by atoms with Crippen molar-refractivity contribution in [2.45, 2.75) is 19.3 Å². The highest BCUT2D eigenvalue weighted by atomic mass is 35.5. The van der Waals surface area contributed by atoms with Gasteiger partial charge in [-0.3, -0.25) is 4.79 Å². The fraction of sp³-hybridized carbons (Fsp3) is 0.381. The van der Waals surface area contributed by atoms with Crippen LogP contribution >= 0.6 is 34.5 Å². The number of hydrogen-bond acceptors (Lipinski definition) is 10. The lowest BCUT2D eigenvalue weighted by Crippen LogP contribution is -2.47. The number of anilines is 2. The lowest BCUT2D eigenvalue weighted by Gasteiger charge is -2.31. The van der Waals surface area contributed by atoms with Crippen LogP contribution in [0.25, 0.3) is 20.4 Å². The van der Waals surface area contributed by atoms with Gasteiger partial charge in [0, 0.05) is 23.9 Å². The van der Waals surface area contributed by atoms with E-state index in [-0.39, 0.29) is 36.4 Å². The number of rotatable bonds is 3. The van der Waals surface area contributed by atoms with Crippen molar-refractivity contribution in [3.8, 4) is 0 Å². The van der Waals surface area contributed by atoms with Gasteiger partial charge in [-0.1, -0.05) is 16.1 Å². The predicted octanol–water partition coefficient (Wildman–Crippen LogP) is 3.45. The Morgan fingerprint density at radius 3 is 2.85 bits per heavy atom. The third-order valence-electron chi connectivity index (χ3n) is 6.44. The number of thiophene rings is 1. The normalized spacial score (nSPS) is 19.9. The number of aromatic nitrogens is 4. The number of sulfone groups is 1. The Kier molecular flexibility index (Phi) is 5.43. The summed E-state index contributed by atoms with van der Waals surface area (Å²) in [6.07, 6.45) is 3.63. The van der Waals surface area contributed by atoms with Gasteiger partial charge in [-0.25, -0.2) is 18.4 Å². The van der Waals surface area contributed by atoms with E-state index in [1.807, 2.05) is 6.07 Å². The monoisotopic (exact) mass is 534 g/mol. The van der Waals surface area contributed by atoms with E-state index in [2.05, 4.69) is 24.9 Å². The molecule has 0 saturated carbocycles. The average Bonchev–Trinajstić information content (AvgIpc) is 3.42. The number of benzene rings is 1. The van der Waals surface area contributed by atoms with E-state index in [1.54, 1.807) is 22.3 Å². The molecule has 1 atom stereocenters. The molecule has 1 aromatic carbocycles. The molecule has 176 valence electrons. The molecule has 34 heavy (non-hydrogen) atoms. The largest absolute Gasteiger partial charge is 0.340 e. The number of nitrogens with one attached hydrogen (secondary N) is 1. The number of nitrogens with zero attached hydrogens (tertiary/aromatic N) is 5. The van der Waals surface area contributed by atoms with Gasteiger partial charge >= 0.3 is 0 Å². The zero-order valence-corrected chi connectivity index (χ0v) is 21.0. The van der Waals surface area contributed by atoms with Gasteiger partial charge in [-0.05, 0) is 48.5 Å². The minimum Gasteiger partial charge on any atom is -0.340 e. The summed E-state index contributed by atoms with van der Waals surface area (Å²) >= 11 is 9.37. The molecule has 0 spiro atoms. The third kappa shape index (κ3) is 3.92. The summed E-state index contributed by atoms with van der Waals surface area (Å²) in [6.45, 7) is 0.577. The molecule has 2 aliphatic rings. The zero-order chi connectivity index (χ0) is 23.4. The molecular formula is C21H19ClN6O3S3. The minimum atomic E-state index is -3.02. The fourth-order valence-corrected chi connectivity index (χ4v) is 7.89. The summed E-state index contributed by atoms with van der Waals surface area (Å²) in [4.78, 5) is 25.8. The molecule has 3 aromatic heterocycles. The van der Waals surface area contributed by atoms with Gasteiger partial charge in [0.2, 0.25) is 5.91 Å². The summed E-state index contributed by atoms with van der Waals surface area (Å²) in [6, 6.07) is 3.70. The van der Waals surface area contributed by atoms with Crippen LogP contribution in [0.15, 0.2) is 18.5 Å². The van der Waals surface area contributed by atoms with E-state index in [0.717, 1.165) is 37.4 Å². The predicted molar refractivity (Wildman–Crippen MR) is 134 cm³/mol. The van der Waals surface area contributed by atoms with Gasteiger partial charge in [0.1, 0.15) is 22.5 Å². The number of hydrogen-bond donors (Lipinski definition) is 1. The van der Waals surface area contributed by atoms with Crippen LogP contribution in [0, 0.1) is 5.92 Å². The smallest absolute Gasteiger partial charge is 0.226 e. The number of aryl methyl sites for hydroxylation is 1. The maximum atomic E-state index is 13.1. The SMILES string of the molecule is O=C([C@H]1CCc2c(sc3ncnc(Nc4cc5snnc5cc4Cl)c23)C1)N1CCS(=O)(=O)CC1. The average molecular weight is 535 g/mol. The Hall–Kier alpha value is -2.41. The summed E-state index contributed by atoms with van der Waals surface area (Å²) in [5, 5.41) is 8.93. The second-order valence-corrected chi connectivity index (χ2v) is 13.1. The topological polar surface area (TPSA) is 118 Å². The maximum Gasteiger partial charge on any atom is 0.226 e. The second-order valence-electron chi connectivity index (χ2n) is 8.52. The second kappa shape index (κ2) is 8.36. The molecule has 6 rings (SSSR count). The molecule has 4 aromatic rings. The van der Waals surface area contributed by atoms with Gasteiger partial charge < -0.3 is 10.2 Å². The van der Waals surface area contributed by atoms with E-state index < -0.39 is 9.84 Å². The Labute approximate surface area is 208 Å². The molecule has 0 bridgehead atoms. The van der Waals surface area contributed by atoms with E-state index in [0.29, 0.717) is 23.7 Å². The van der Waals surface area contributed by atoms with Gasteiger partial charge in [-0.2, -0.15) is 0 Å². The first-order valence-corrected chi connectivity index (χ1v) is 14.6. The lowest BCUT2D eigenvalue weighted by atomic mass is 9.87. The van der Waals surface area contributed by atoms with Crippen LogP contribution in [0.4, 0.5) is 11.5 Å². The molecular weight excluding hydrogens is 516 g/mol. The van der Waals surface area contributed by atoms with Crippen LogP contribution in [0.5, 0.6) is 0 Å². The number of fused-ring (bicyclic) bond motifs is 4. The molecule has 0 unspecified atom stereocenters. The summed E-state index contributed by atoms with van der Waals surface area (Å²) < 4.78 is 28.3. The van der Waals surface area contributed by atoms with E-state index in [1.165, 1.54) is 23.4 Å². The quantitative estimate of drug-likeness (QED) is 0.424. The molecule has 0 radical (unpaired) electrons. The maximum absolute atomic E-state index is 13.1. The van der Waals surface area contributed by atoms with Crippen molar-refractivity contribution in [1.82, 2.24) is 24.5 Å². The highest BCUT2D eigenvalue weighted by Crippen LogP contribution is 2.41. The molecule has 1 aliphatic heterocycles. The number of carbonyl (C=O) groups excluding carboxylic acids is 1. The molecule has 1 fully saturated rings. The Morgan fingerprint density at radius 2 is 2.03 bits per heavy atom. The number of amides is 1. The standard InChI is InChI=1S/C21H19ClN6O3S3/c22-13-8-15-17(33-27-26-15)9-14(13)25-19-18-12-2-1-11(7-16(12)32-20(18)24-10-23-19)21(29)28-3-5-34(30,31)6-4-28/h8-11H,1-7H2,(H,23,24,25)/t11-/m0/s1. The lowest BCUT2D eigenvalue weighted by molar-refractivity contribution is -0.135. The van der Waals surface area contributed by atoms with Gasteiger partial charge in [0.25, 0.3) is 0 Å². The van der Waals surface area contributed by atoms with Crippen LogP contribution in [0.1, 0.15) is 16.9 Å². The van der Waals surface area contributed by atoms with E-state index in [9.17, 15) is 13.2 Å². The number of carbonyl (C=O) groups is 1. The van der Waals surface area contributed by atoms with Gasteiger partial charge in [0.15, 0.2) is 9.84 Å². The summed E-state index contributed by atoms with van der Waals surface area (Å²) in [5.74, 6) is 0.709. The first-order valence-electron chi connectivity index (χ1n) is 10.8. The first kappa shape index (κ1) is 22.1. The molecule has 1 amide bonds. The summed E-state index contributed by atoms with van der Waals surface area (Å²) in [7, 11) is -3.02. The third-order valence-corrected chi connectivity index (χ3v) is 10.2. The highest BCUT2D eigenvalue weighted by molar-refractivity contribution is 7.91. The Morgan fingerprint density at radius 1 is 1.21 bits per heavy atom. The van der Waals surface area contributed by atoms with Crippen molar-refractivity contribution in [1.29, 1.82) is 0 Å². The van der Waals surface area contributed by atoms with Crippen LogP contribution in [0.3, 0.4) is 0 Å². The van der Waals surface area contributed by atoms with Crippen molar-refractivity contribution in [3.63, 3.8) is 0 Å². The van der Waals surface area contributed by atoms with Crippen molar-refractivity contribution < 1.29 is 13.2 Å². The first-order chi connectivity index (χ1) is 16.4. The highest BCUT2D eigenvalue weighted by Gasteiger charge is 2.34. The molecule has 4 heterocycles. The van der Waals surface area contributed by atoms with Crippen LogP contribution < -0.4 is 5.32 Å². The van der Waals surface area contributed by atoms with Gasteiger partial charge in [-0.15, -0.1) is 16.4 Å². The fourth-order valence-electron chi connectivity index (χ4n) is 4.63. The van der Waals surface area contributed by atoms with Crippen molar-refractivity contribution in [3.05, 3.63) is 33.9 Å². The van der Waals surface area contributed by atoms with Crippen LogP contribution in [-0.4, -0.2) is 63.4 Å². The molecule has 1 aliphatic carbocycles. The van der Waals surface area contributed by atoms with Crippen LogP contribution in [0.2, 0.25) is 5.02 Å². The zero-order valence-electron chi connectivity index (χ0n) is 17.8. The van der Waals surface area contributed by atoms with Crippen molar-refractivity contribution in [2.24, 2.45) is 5.92 Å². The van der Waals surface area contributed by atoms with Gasteiger partial charge in [0.05, 0.1) is 32.3 Å². The molecule has 9 nitrogen and oxygen atoms in total. The molecule has 13 heteroatoms. The van der Waals surface area contributed by atoms with Crippen molar-refractivity contribution in [2.75, 3.05) is 29.9 Å². The Bertz CT molecular complexity index is 1540. The summed E-state index contributed by atoms with van der Waals surface area (Å²) in [5.41, 5.74) is 2.65. The van der Waals surface area contributed by atoms with Crippen LogP contribution in [-0.2, 0) is 27.5 Å². The minimum absolute atomic E-state index is 0.0517. The number of halogens is 1. The molecule has 1 N–H and O–H groups in total. The van der Waals surface area contributed by atoms with E-state index in [4.69, 9.17) is 11.6 Å². The molecule has 1 saturated heterocycles. The van der Waals surface area contributed by atoms with Crippen molar-refractivity contribution >= 4 is 82.2 Å². The van der Waals surface area contributed by atoms with E-state index >= 15 is 0 Å².